The molecule has 2 heterocycles. The van der Waals surface area contributed by atoms with Crippen LogP contribution in [0.4, 0.5) is 0 Å². The fraction of sp³-hybridized carbons (Fsp3) is 0.400. The Morgan fingerprint density at radius 1 is 1.23 bits per heavy atom. The molecule has 0 aliphatic heterocycles. The number of nitrogens with zero attached hydrogens (tertiary/aromatic N) is 5. The molecule has 0 fully saturated rings. The van der Waals surface area contributed by atoms with E-state index in [1.54, 1.807) is 4.68 Å². The molecule has 6 nitrogen and oxygen atoms in total. The van der Waals surface area contributed by atoms with E-state index in [-0.39, 0.29) is 5.76 Å². The van der Waals surface area contributed by atoms with Gasteiger partial charge in [-0.15, -0.1) is 0 Å². The molecule has 2 aromatic heterocycles. The van der Waals surface area contributed by atoms with Crippen molar-refractivity contribution in [2.24, 2.45) is 14.1 Å². The fourth-order valence-corrected chi connectivity index (χ4v) is 2.49. The van der Waals surface area contributed by atoms with Crippen LogP contribution in [0.15, 0.2) is 0 Å². The molecule has 2 radical (unpaired) electrons. The molecule has 2 aromatic rings. The number of rotatable bonds is 3. The predicted octanol–water partition coefficient (Wildman–Crippen LogP) is 1.88. The lowest BCUT2D eigenvalue weighted by Gasteiger charge is -2.12. The van der Waals surface area contributed by atoms with Crippen molar-refractivity contribution in [1.29, 1.82) is 5.26 Å². The molecule has 0 saturated carbocycles. The van der Waals surface area contributed by atoms with Crippen molar-refractivity contribution in [3.63, 3.8) is 0 Å². The van der Waals surface area contributed by atoms with Crippen LogP contribution in [0, 0.1) is 39.0 Å². The Balaban J connectivity index is 2.80. The Bertz CT molecular complexity index is 807. The summed E-state index contributed by atoms with van der Waals surface area (Å²) < 4.78 is 8.65. The van der Waals surface area contributed by atoms with Crippen molar-refractivity contribution in [3.8, 4) is 6.07 Å². The quantitative estimate of drug-likeness (QED) is 0.492. The molecular weight excluding hydrogens is 277 g/mol. The summed E-state index contributed by atoms with van der Waals surface area (Å²) in [5.41, 5.74) is 4.20. The zero-order chi connectivity index (χ0) is 16.6. The van der Waals surface area contributed by atoms with Crippen LogP contribution >= 0.6 is 0 Å². The van der Waals surface area contributed by atoms with Gasteiger partial charge in [0.1, 0.15) is 34.6 Å². The third-order valence-electron chi connectivity index (χ3n) is 4.03. The molecule has 22 heavy (non-hydrogen) atoms. The first kappa shape index (κ1) is 15.9. The first-order chi connectivity index (χ1) is 10.3. The molecule has 0 N–H and O–H groups in total. The van der Waals surface area contributed by atoms with Crippen LogP contribution in [0.5, 0.6) is 0 Å². The van der Waals surface area contributed by atoms with Gasteiger partial charge in [-0.1, -0.05) is 0 Å². The molecule has 0 atom stereocenters. The maximum Gasteiger partial charge on any atom is 0.374 e. The molecule has 0 spiro atoms. The van der Waals surface area contributed by atoms with Gasteiger partial charge < -0.3 is 9.22 Å². The van der Waals surface area contributed by atoms with E-state index >= 15 is 0 Å². The Morgan fingerprint density at radius 3 is 2.23 bits per heavy atom. The maximum absolute atomic E-state index is 9.63. The molecular formula is C15H18BN5O. The number of nitriles is 1. The predicted molar refractivity (Wildman–Crippen MR) is 84.6 cm³/mol. The van der Waals surface area contributed by atoms with Gasteiger partial charge in [0, 0.05) is 19.8 Å². The number of hydrogen-bond donors (Lipinski definition) is 0. The lowest BCUT2D eigenvalue weighted by Crippen LogP contribution is -2.04. The molecule has 0 saturated heterocycles. The van der Waals surface area contributed by atoms with Gasteiger partial charge in [-0.25, -0.2) is 4.98 Å². The van der Waals surface area contributed by atoms with Crippen LogP contribution in [0.3, 0.4) is 0 Å². The van der Waals surface area contributed by atoms with E-state index < -0.39 is 0 Å². The van der Waals surface area contributed by atoms with Gasteiger partial charge in [0.25, 0.3) is 0 Å². The first-order valence-electron chi connectivity index (χ1n) is 6.85. The summed E-state index contributed by atoms with van der Waals surface area (Å²) >= 11 is 0. The SMILES string of the molecule is [B]OC(=C(C#N)c1nn(C)c(C)c1C)c1c(C)nc(C)n1C. The standard InChI is InChI=1S/C15H18BN5O/c1-8-10(3)21(6)19-13(8)12(7-17)15(22-16)14-9(2)18-11(4)20(14)5/h1-6H3. The van der Waals surface area contributed by atoms with Gasteiger partial charge >= 0.3 is 8.05 Å². The smallest absolute Gasteiger partial charge is 0.374 e. The lowest BCUT2D eigenvalue weighted by molar-refractivity contribution is 0.563. The largest absolute Gasteiger partial charge is 0.565 e. The number of hydrogen-bond acceptors (Lipinski definition) is 4. The number of aryl methyl sites for hydroxylation is 3. The Labute approximate surface area is 131 Å². The zero-order valence-corrected chi connectivity index (χ0v) is 13.7. The summed E-state index contributed by atoms with van der Waals surface area (Å²) in [5, 5.41) is 14.0. The van der Waals surface area contributed by atoms with Crippen molar-refractivity contribution < 1.29 is 4.65 Å². The van der Waals surface area contributed by atoms with Gasteiger partial charge in [-0.2, -0.15) is 10.4 Å². The van der Waals surface area contributed by atoms with E-state index in [2.05, 4.69) is 16.2 Å². The minimum Gasteiger partial charge on any atom is -0.565 e. The van der Waals surface area contributed by atoms with Crippen LogP contribution in [-0.4, -0.2) is 27.4 Å². The molecule has 112 valence electrons. The normalized spacial score (nSPS) is 12.0. The molecule has 0 aliphatic carbocycles. The second-order valence-electron chi connectivity index (χ2n) is 5.27. The second kappa shape index (κ2) is 5.72. The molecule has 0 bridgehead atoms. The lowest BCUT2D eigenvalue weighted by atomic mass is 10.0. The number of imidazole rings is 1. The minimum atomic E-state index is 0.282. The van der Waals surface area contributed by atoms with Crippen molar-refractivity contribution >= 4 is 19.4 Å². The molecule has 7 heteroatoms. The van der Waals surface area contributed by atoms with Crippen LogP contribution < -0.4 is 0 Å². The van der Waals surface area contributed by atoms with E-state index in [1.165, 1.54) is 0 Å². The van der Waals surface area contributed by atoms with Crippen molar-refractivity contribution in [1.82, 2.24) is 19.3 Å². The maximum atomic E-state index is 9.63. The first-order valence-corrected chi connectivity index (χ1v) is 6.85. The summed E-state index contributed by atoms with van der Waals surface area (Å²) in [6.07, 6.45) is 0. The summed E-state index contributed by atoms with van der Waals surface area (Å²) in [4.78, 5) is 4.39. The van der Waals surface area contributed by atoms with Gasteiger partial charge in [0.15, 0.2) is 0 Å². The topological polar surface area (TPSA) is 68.7 Å². The monoisotopic (exact) mass is 295 g/mol. The number of allylic oxidation sites excluding steroid dienone is 1. The van der Waals surface area contributed by atoms with Gasteiger partial charge in [-0.3, -0.25) is 4.68 Å². The van der Waals surface area contributed by atoms with E-state index in [9.17, 15) is 5.26 Å². The Hall–Kier alpha value is -2.49. The van der Waals surface area contributed by atoms with E-state index in [1.807, 2.05) is 46.4 Å². The highest BCUT2D eigenvalue weighted by molar-refractivity contribution is 6.06. The summed E-state index contributed by atoms with van der Waals surface area (Å²) in [7, 11) is 9.17. The molecule has 0 aliphatic rings. The van der Waals surface area contributed by atoms with E-state index in [4.69, 9.17) is 12.7 Å². The third-order valence-corrected chi connectivity index (χ3v) is 4.03. The minimum absolute atomic E-state index is 0.282. The van der Waals surface area contributed by atoms with Crippen LogP contribution in [0.2, 0.25) is 0 Å². The molecule has 0 unspecified atom stereocenters. The highest BCUT2D eigenvalue weighted by Gasteiger charge is 2.23. The Kier molecular flexibility index (Phi) is 4.13. The Morgan fingerprint density at radius 2 is 1.86 bits per heavy atom. The van der Waals surface area contributed by atoms with Gasteiger partial charge in [0.05, 0.1) is 5.69 Å². The van der Waals surface area contributed by atoms with Crippen LogP contribution in [0.25, 0.3) is 11.3 Å². The van der Waals surface area contributed by atoms with E-state index in [0.29, 0.717) is 17.0 Å². The average Bonchev–Trinajstić information content (AvgIpc) is 2.88. The van der Waals surface area contributed by atoms with Crippen LogP contribution in [-0.2, 0) is 18.7 Å². The summed E-state index contributed by atoms with van der Waals surface area (Å²) in [6.45, 7) is 7.60. The number of aromatic nitrogens is 4. The fourth-order valence-electron chi connectivity index (χ4n) is 2.49. The molecule has 0 aromatic carbocycles. The van der Waals surface area contributed by atoms with Gasteiger partial charge in [0.2, 0.25) is 0 Å². The highest BCUT2D eigenvalue weighted by atomic mass is 16.4. The van der Waals surface area contributed by atoms with Gasteiger partial charge in [-0.05, 0) is 33.3 Å². The molecule has 0 amide bonds. The van der Waals surface area contributed by atoms with Crippen molar-refractivity contribution in [2.75, 3.05) is 0 Å². The molecule has 2 rings (SSSR count). The van der Waals surface area contributed by atoms with Crippen molar-refractivity contribution in [2.45, 2.75) is 27.7 Å². The second-order valence-corrected chi connectivity index (χ2v) is 5.27. The highest BCUT2D eigenvalue weighted by Crippen LogP contribution is 2.30. The van der Waals surface area contributed by atoms with Crippen molar-refractivity contribution in [3.05, 3.63) is 34.2 Å². The third kappa shape index (κ3) is 2.31. The zero-order valence-electron chi connectivity index (χ0n) is 13.7. The van der Waals surface area contributed by atoms with Crippen LogP contribution in [0.1, 0.15) is 34.2 Å². The summed E-state index contributed by atoms with van der Waals surface area (Å²) in [6, 6.07) is 2.17. The van der Waals surface area contributed by atoms with E-state index in [0.717, 1.165) is 22.8 Å². The summed E-state index contributed by atoms with van der Waals surface area (Å²) in [5.74, 6) is 1.09. The average molecular weight is 295 g/mol.